The maximum absolute atomic E-state index is 10.7. The van der Waals surface area contributed by atoms with Crippen molar-refractivity contribution in [1.82, 2.24) is 4.98 Å². The quantitative estimate of drug-likeness (QED) is 0.793. The number of thiazole rings is 1. The average Bonchev–Trinajstić information content (AvgIpc) is 2.81. The molecule has 0 unspecified atom stereocenters. The van der Waals surface area contributed by atoms with Crippen LogP contribution in [0.3, 0.4) is 0 Å². The summed E-state index contributed by atoms with van der Waals surface area (Å²) in [6.07, 6.45) is 0.767. The molecular formula is C14H15NO2S. The third kappa shape index (κ3) is 2.04. The highest BCUT2D eigenvalue weighted by molar-refractivity contribution is 7.13. The summed E-state index contributed by atoms with van der Waals surface area (Å²) in [6, 6.07) is 2.12. The lowest BCUT2D eigenvalue weighted by Crippen LogP contribution is -1.97. The molecule has 0 fully saturated rings. The maximum Gasteiger partial charge on any atom is 0.169 e. The van der Waals surface area contributed by atoms with Crippen molar-refractivity contribution < 1.29 is 9.53 Å². The third-order valence-electron chi connectivity index (χ3n) is 3.05. The highest BCUT2D eigenvalue weighted by Gasteiger charge is 2.16. The number of carbonyl (C=O) groups excluding carboxylic acids is 1. The summed E-state index contributed by atoms with van der Waals surface area (Å²) in [5, 5.41) is 2.59. The Morgan fingerprint density at radius 2 is 2.00 bits per heavy atom. The molecular weight excluding hydrogens is 246 g/mol. The van der Waals surface area contributed by atoms with E-state index in [1.807, 2.05) is 13.8 Å². The van der Waals surface area contributed by atoms with Gasteiger partial charge in [0, 0.05) is 5.38 Å². The molecule has 0 atom stereocenters. The van der Waals surface area contributed by atoms with Crippen molar-refractivity contribution in [1.29, 1.82) is 0 Å². The minimum absolute atomic E-state index is 0.467. The van der Waals surface area contributed by atoms with Crippen LogP contribution in [0.25, 0.3) is 10.6 Å². The summed E-state index contributed by atoms with van der Waals surface area (Å²) >= 11 is 1.46. The van der Waals surface area contributed by atoms with Gasteiger partial charge >= 0.3 is 0 Å². The predicted molar refractivity (Wildman–Crippen MR) is 73.7 cm³/mol. The Morgan fingerprint density at radius 1 is 1.28 bits per heavy atom. The van der Waals surface area contributed by atoms with Crippen LogP contribution >= 0.6 is 11.3 Å². The molecule has 0 amide bonds. The maximum atomic E-state index is 10.7. The summed E-state index contributed by atoms with van der Waals surface area (Å²) in [7, 11) is 1.67. The van der Waals surface area contributed by atoms with E-state index in [-0.39, 0.29) is 0 Å². The van der Waals surface area contributed by atoms with Crippen molar-refractivity contribution in [3.63, 3.8) is 0 Å². The topological polar surface area (TPSA) is 39.2 Å². The zero-order chi connectivity index (χ0) is 13.3. The van der Waals surface area contributed by atoms with E-state index in [0.717, 1.165) is 33.7 Å². The fraction of sp³-hybridized carbons (Fsp3) is 0.286. The van der Waals surface area contributed by atoms with Crippen molar-refractivity contribution in [3.8, 4) is 16.3 Å². The van der Waals surface area contributed by atoms with Crippen LogP contribution in [0.15, 0.2) is 11.4 Å². The van der Waals surface area contributed by atoms with Crippen LogP contribution in [0, 0.1) is 20.8 Å². The average molecular weight is 261 g/mol. The monoisotopic (exact) mass is 261 g/mol. The summed E-state index contributed by atoms with van der Waals surface area (Å²) in [6.45, 7) is 6.13. The minimum Gasteiger partial charge on any atom is -0.496 e. The number of hydrogen-bond donors (Lipinski definition) is 0. The van der Waals surface area contributed by atoms with Crippen LogP contribution in [0.5, 0.6) is 5.75 Å². The van der Waals surface area contributed by atoms with Gasteiger partial charge in [-0.2, -0.15) is 0 Å². The molecule has 1 aromatic carbocycles. The summed E-state index contributed by atoms with van der Waals surface area (Å²) in [5.74, 6) is 0.847. The first-order valence-corrected chi connectivity index (χ1v) is 6.52. The molecule has 0 aliphatic heterocycles. The number of nitrogens with zero attached hydrogens (tertiary/aromatic N) is 1. The van der Waals surface area contributed by atoms with Crippen molar-refractivity contribution in [2.45, 2.75) is 20.8 Å². The van der Waals surface area contributed by atoms with E-state index >= 15 is 0 Å². The fourth-order valence-electron chi connectivity index (χ4n) is 2.03. The summed E-state index contributed by atoms with van der Waals surface area (Å²) in [4.78, 5) is 15.0. The first kappa shape index (κ1) is 12.8. The summed E-state index contributed by atoms with van der Waals surface area (Å²) in [5.41, 5.74) is 4.87. The molecule has 0 aliphatic carbocycles. The van der Waals surface area contributed by atoms with Gasteiger partial charge in [0.1, 0.15) is 16.5 Å². The third-order valence-corrected chi connectivity index (χ3v) is 3.93. The van der Waals surface area contributed by atoms with Crippen molar-refractivity contribution in [2.75, 3.05) is 7.11 Å². The SMILES string of the molecule is COc1c(C)c(C)cc(C)c1-c1nc(C=O)cs1. The normalized spacial score (nSPS) is 10.4. The number of ether oxygens (including phenoxy) is 1. The zero-order valence-corrected chi connectivity index (χ0v) is 11.7. The van der Waals surface area contributed by atoms with Gasteiger partial charge in [-0.3, -0.25) is 4.79 Å². The Balaban J connectivity index is 2.69. The first-order chi connectivity index (χ1) is 8.58. The Labute approximate surface area is 110 Å². The van der Waals surface area contributed by atoms with Gasteiger partial charge in [0.25, 0.3) is 0 Å². The molecule has 1 aromatic heterocycles. The second-order valence-corrected chi connectivity index (χ2v) is 5.10. The Hall–Kier alpha value is -1.68. The number of benzene rings is 1. The lowest BCUT2D eigenvalue weighted by atomic mass is 9.99. The van der Waals surface area contributed by atoms with Crippen LogP contribution < -0.4 is 4.74 Å². The standard InChI is InChI=1S/C14H15NO2S/c1-8-5-9(2)12(13(17-4)10(8)3)14-15-11(6-16)7-18-14/h5-7H,1-4H3. The van der Waals surface area contributed by atoms with E-state index < -0.39 is 0 Å². The van der Waals surface area contributed by atoms with Gasteiger partial charge in [0.15, 0.2) is 6.29 Å². The highest BCUT2D eigenvalue weighted by atomic mass is 32.1. The van der Waals surface area contributed by atoms with Gasteiger partial charge in [-0.25, -0.2) is 4.98 Å². The number of aryl methyl sites for hydroxylation is 2. The number of aldehydes is 1. The van der Waals surface area contributed by atoms with E-state index in [9.17, 15) is 4.79 Å². The lowest BCUT2D eigenvalue weighted by molar-refractivity contribution is 0.111. The highest BCUT2D eigenvalue weighted by Crippen LogP contribution is 2.38. The summed E-state index contributed by atoms with van der Waals surface area (Å²) < 4.78 is 5.51. The Kier molecular flexibility index (Phi) is 3.48. The number of aromatic nitrogens is 1. The largest absolute Gasteiger partial charge is 0.496 e. The molecule has 0 N–H and O–H groups in total. The molecule has 0 radical (unpaired) electrons. The minimum atomic E-state index is 0.467. The molecule has 18 heavy (non-hydrogen) atoms. The smallest absolute Gasteiger partial charge is 0.169 e. The van der Waals surface area contributed by atoms with Crippen LogP contribution in [-0.4, -0.2) is 18.4 Å². The van der Waals surface area contributed by atoms with Crippen LogP contribution in [0.2, 0.25) is 0 Å². The van der Waals surface area contributed by atoms with Gasteiger partial charge in [-0.05, 0) is 37.5 Å². The van der Waals surface area contributed by atoms with Gasteiger partial charge in [-0.1, -0.05) is 6.07 Å². The fourth-order valence-corrected chi connectivity index (χ4v) is 2.90. The van der Waals surface area contributed by atoms with E-state index in [1.54, 1.807) is 12.5 Å². The molecule has 3 nitrogen and oxygen atoms in total. The Morgan fingerprint density at radius 3 is 2.56 bits per heavy atom. The number of rotatable bonds is 3. The van der Waals surface area contributed by atoms with Gasteiger partial charge < -0.3 is 4.74 Å². The zero-order valence-electron chi connectivity index (χ0n) is 10.9. The second kappa shape index (κ2) is 4.90. The van der Waals surface area contributed by atoms with Crippen molar-refractivity contribution >= 4 is 17.6 Å². The molecule has 2 aromatic rings. The second-order valence-electron chi connectivity index (χ2n) is 4.24. The number of carbonyl (C=O) groups is 1. The first-order valence-electron chi connectivity index (χ1n) is 5.64. The van der Waals surface area contributed by atoms with Crippen LogP contribution in [-0.2, 0) is 0 Å². The molecule has 2 rings (SSSR count). The number of methoxy groups -OCH3 is 1. The molecule has 0 aliphatic rings. The van der Waals surface area contributed by atoms with E-state index in [4.69, 9.17) is 4.74 Å². The van der Waals surface area contributed by atoms with Crippen LogP contribution in [0.1, 0.15) is 27.2 Å². The molecule has 4 heteroatoms. The van der Waals surface area contributed by atoms with Gasteiger partial charge in [0.2, 0.25) is 0 Å². The van der Waals surface area contributed by atoms with E-state index in [0.29, 0.717) is 5.69 Å². The molecule has 0 saturated heterocycles. The van der Waals surface area contributed by atoms with Crippen molar-refractivity contribution in [3.05, 3.63) is 33.8 Å². The van der Waals surface area contributed by atoms with E-state index in [1.165, 1.54) is 16.9 Å². The predicted octanol–water partition coefficient (Wildman–Crippen LogP) is 3.56. The molecule has 0 spiro atoms. The number of hydrogen-bond acceptors (Lipinski definition) is 4. The molecule has 1 heterocycles. The van der Waals surface area contributed by atoms with Crippen LogP contribution in [0.4, 0.5) is 0 Å². The lowest BCUT2D eigenvalue weighted by Gasteiger charge is -2.14. The molecule has 0 bridgehead atoms. The van der Waals surface area contributed by atoms with Crippen molar-refractivity contribution in [2.24, 2.45) is 0 Å². The van der Waals surface area contributed by atoms with Gasteiger partial charge in [0.05, 0.1) is 12.7 Å². The van der Waals surface area contributed by atoms with E-state index in [2.05, 4.69) is 18.0 Å². The van der Waals surface area contributed by atoms with Gasteiger partial charge in [-0.15, -0.1) is 11.3 Å². The molecule has 0 saturated carbocycles. The Bertz CT molecular complexity index is 602. The molecule has 94 valence electrons.